The van der Waals surface area contributed by atoms with Gasteiger partial charge in [-0.15, -0.1) is 0 Å². The van der Waals surface area contributed by atoms with Crippen LogP contribution in [0.15, 0.2) is 39.6 Å². The Balaban J connectivity index is 2.22. The maximum absolute atomic E-state index is 12.8. The Bertz CT molecular complexity index is 568. The molecule has 0 radical (unpaired) electrons. The van der Waals surface area contributed by atoms with Crippen LogP contribution < -0.4 is 11.1 Å². The summed E-state index contributed by atoms with van der Waals surface area (Å²) in [6.45, 7) is 0. The van der Waals surface area contributed by atoms with E-state index < -0.39 is 5.82 Å². The molecule has 0 fully saturated rings. The van der Waals surface area contributed by atoms with Crippen LogP contribution in [0.5, 0.6) is 0 Å². The van der Waals surface area contributed by atoms with Crippen molar-refractivity contribution in [2.45, 2.75) is 0 Å². The summed E-state index contributed by atoms with van der Waals surface area (Å²) in [6, 6.07) is 5.27. The highest BCUT2D eigenvalue weighted by Gasteiger charge is 2.13. The van der Waals surface area contributed by atoms with Gasteiger partial charge >= 0.3 is 0 Å². The Hall–Kier alpha value is -1.82. The molecule has 3 N–H and O–H groups in total. The van der Waals surface area contributed by atoms with Gasteiger partial charge in [0.15, 0.2) is 4.67 Å². The number of hydrogen-bond donors (Lipinski definition) is 2. The molecule has 0 saturated heterocycles. The van der Waals surface area contributed by atoms with Crippen LogP contribution in [0.4, 0.5) is 15.8 Å². The molecule has 17 heavy (non-hydrogen) atoms. The van der Waals surface area contributed by atoms with E-state index in [0.717, 1.165) is 6.07 Å². The number of nitrogens with one attached hydrogen (secondary N) is 1. The van der Waals surface area contributed by atoms with Gasteiger partial charge in [0.1, 0.15) is 5.82 Å². The molecule has 1 heterocycles. The quantitative estimate of drug-likeness (QED) is 0.838. The van der Waals surface area contributed by atoms with Crippen molar-refractivity contribution in [2.75, 3.05) is 11.1 Å². The van der Waals surface area contributed by atoms with Crippen LogP contribution in [0.3, 0.4) is 0 Å². The van der Waals surface area contributed by atoms with Crippen LogP contribution in [0, 0.1) is 5.82 Å². The fraction of sp³-hybridized carbons (Fsp3) is 0. The van der Waals surface area contributed by atoms with E-state index in [2.05, 4.69) is 21.2 Å². The topological polar surface area (TPSA) is 68.3 Å². The zero-order valence-electron chi connectivity index (χ0n) is 8.54. The number of rotatable bonds is 2. The molecular formula is C11H8BrFN2O2. The minimum Gasteiger partial charge on any atom is -0.457 e. The van der Waals surface area contributed by atoms with Crippen molar-refractivity contribution in [3.8, 4) is 0 Å². The van der Waals surface area contributed by atoms with Gasteiger partial charge in [0.05, 0.1) is 23.2 Å². The highest BCUT2D eigenvalue weighted by molar-refractivity contribution is 9.10. The number of carbonyl (C=O) groups excluding carboxylic acids is 1. The summed E-state index contributed by atoms with van der Waals surface area (Å²) in [5.41, 5.74) is 6.43. The highest BCUT2D eigenvalue weighted by Crippen LogP contribution is 2.22. The second-order valence-electron chi connectivity index (χ2n) is 3.29. The van der Waals surface area contributed by atoms with Gasteiger partial charge in [0.25, 0.3) is 5.91 Å². The maximum atomic E-state index is 12.8. The van der Waals surface area contributed by atoms with E-state index in [1.165, 1.54) is 24.5 Å². The molecule has 0 aliphatic heterocycles. The number of halogens is 2. The van der Waals surface area contributed by atoms with Crippen LogP contribution >= 0.6 is 15.9 Å². The first kappa shape index (κ1) is 11.7. The lowest BCUT2D eigenvalue weighted by Gasteiger charge is -2.07. The smallest absolute Gasteiger partial charge is 0.260 e. The number of hydrogen-bond acceptors (Lipinski definition) is 3. The minimum atomic E-state index is -0.454. The van der Waals surface area contributed by atoms with Crippen LogP contribution in [-0.2, 0) is 0 Å². The predicted molar refractivity (Wildman–Crippen MR) is 65.2 cm³/mol. The Morgan fingerprint density at radius 3 is 2.76 bits per heavy atom. The van der Waals surface area contributed by atoms with Crippen LogP contribution in [-0.4, -0.2) is 5.91 Å². The maximum Gasteiger partial charge on any atom is 0.260 e. The zero-order valence-corrected chi connectivity index (χ0v) is 10.1. The summed E-state index contributed by atoms with van der Waals surface area (Å²) in [6.07, 6.45) is 1.38. The average Bonchev–Trinajstić information content (AvgIpc) is 2.68. The number of benzene rings is 1. The van der Waals surface area contributed by atoms with Crippen molar-refractivity contribution >= 4 is 33.2 Å². The van der Waals surface area contributed by atoms with Crippen LogP contribution in [0.2, 0.25) is 0 Å². The van der Waals surface area contributed by atoms with Gasteiger partial charge in [-0.3, -0.25) is 4.79 Å². The molecule has 2 aromatic rings. The van der Waals surface area contributed by atoms with Crippen molar-refractivity contribution in [3.63, 3.8) is 0 Å². The second-order valence-corrected chi connectivity index (χ2v) is 4.01. The van der Waals surface area contributed by atoms with E-state index in [9.17, 15) is 9.18 Å². The fourth-order valence-electron chi connectivity index (χ4n) is 1.29. The Morgan fingerprint density at radius 1 is 1.41 bits per heavy atom. The molecule has 0 unspecified atom stereocenters. The van der Waals surface area contributed by atoms with Crippen molar-refractivity contribution in [3.05, 3.63) is 46.6 Å². The number of nitrogens with two attached hydrogens (primary N) is 1. The summed E-state index contributed by atoms with van der Waals surface area (Å²) >= 11 is 3.09. The molecule has 0 atom stereocenters. The minimum absolute atomic E-state index is 0.165. The summed E-state index contributed by atoms with van der Waals surface area (Å²) in [7, 11) is 0. The molecule has 0 saturated carbocycles. The van der Waals surface area contributed by atoms with Crippen LogP contribution in [0.25, 0.3) is 0 Å². The fourth-order valence-corrected chi connectivity index (χ4v) is 1.71. The van der Waals surface area contributed by atoms with Crippen molar-refractivity contribution < 1.29 is 13.6 Å². The third kappa shape index (κ3) is 2.47. The molecule has 2 rings (SSSR count). The zero-order chi connectivity index (χ0) is 12.4. The Morgan fingerprint density at radius 2 is 2.18 bits per heavy atom. The lowest BCUT2D eigenvalue weighted by molar-refractivity contribution is 0.102. The first-order chi connectivity index (χ1) is 8.08. The number of furan rings is 1. The number of nitrogen functional groups attached to an aromatic ring is 1. The second kappa shape index (κ2) is 4.58. The Kier molecular flexibility index (Phi) is 3.14. The van der Waals surface area contributed by atoms with E-state index in [0.29, 0.717) is 15.9 Å². The van der Waals surface area contributed by atoms with Gasteiger partial charge in [-0.05, 0) is 40.2 Å². The van der Waals surface area contributed by atoms with Gasteiger partial charge in [-0.1, -0.05) is 0 Å². The molecule has 6 heteroatoms. The molecule has 4 nitrogen and oxygen atoms in total. The summed E-state index contributed by atoms with van der Waals surface area (Å²) in [4.78, 5) is 11.8. The summed E-state index contributed by atoms with van der Waals surface area (Å²) in [5.74, 6) is -0.839. The summed E-state index contributed by atoms with van der Waals surface area (Å²) in [5, 5.41) is 2.56. The molecule has 0 bridgehead atoms. The molecule has 1 aromatic carbocycles. The third-order valence-corrected chi connectivity index (χ3v) is 2.74. The monoisotopic (exact) mass is 298 g/mol. The molecule has 1 amide bonds. The van der Waals surface area contributed by atoms with Gasteiger partial charge in [-0.2, -0.15) is 0 Å². The normalized spacial score (nSPS) is 10.2. The average molecular weight is 299 g/mol. The number of anilines is 2. The lowest BCUT2D eigenvalue weighted by atomic mass is 10.2. The highest BCUT2D eigenvalue weighted by atomic mass is 79.9. The van der Waals surface area contributed by atoms with Gasteiger partial charge in [-0.25, -0.2) is 4.39 Å². The first-order valence-corrected chi connectivity index (χ1v) is 5.46. The molecule has 0 aliphatic rings. The number of carbonyl (C=O) groups is 1. The van der Waals surface area contributed by atoms with E-state index >= 15 is 0 Å². The third-order valence-electron chi connectivity index (χ3n) is 2.12. The molecule has 88 valence electrons. The van der Waals surface area contributed by atoms with E-state index in [-0.39, 0.29) is 11.6 Å². The Labute approximate surface area is 105 Å². The van der Waals surface area contributed by atoms with Gasteiger partial charge in [0, 0.05) is 0 Å². The summed E-state index contributed by atoms with van der Waals surface area (Å²) < 4.78 is 18.1. The SMILES string of the molecule is Nc1cc(F)ccc1NC(=O)c1ccoc1Br. The van der Waals surface area contributed by atoms with E-state index in [1.54, 1.807) is 0 Å². The van der Waals surface area contributed by atoms with Crippen LogP contribution in [0.1, 0.15) is 10.4 Å². The predicted octanol–water partition coefficient (Wildman–Crippen LogP) is 3.02. The number of amides is 1. The molecule has 0 spiro atoms. The van der Waals surface area contributed by atoms with E-state index in [4.69, 9.17) is 10.2 Å². The van der Waals surface area contributed by atoms with Crippen molar-refractivity contribution in [1.82, 2.24) is 0 Å². The first-order valence-electron chi connectivity index (χ1n) is 4.67. The van der Waals surface area contributed by atoms with Gasteiger partial charge < -0.3 is 15.5 Å². The molecular weight excluding hydrogens is 291 g/mol. The van der Waals surface area contributed by atoms with Gasteiger partial charge in [0.2, 0.25) is 0 Å². The largest absolute Gasteiger partial charge is 0.457 e. The molecule has 0 aliphatic carbocycles. The van der Waals surface area contributed by atoms with Crippen molar-refractivity contribution in [2.24, 2.45) is 0 Å². The standard InChI is InChI=1S/C11H8BrFN2O2/c12-10-7(3-4-17-10)11(16)15-9-2-1-6(13)5-8(9)14/h1-5H,14H2,(H,15,16). The van der Waals surface area contributed by atoms with E-state index in [1.807, 2.05) is 0 Å². The lowest BCUT2D eigenvalue weighted by Crippen LogP contribution is -2.12. The molecule has 1 aromatic heterocycles. The van der Waals surface area contributed by atoms with Crippen molar-refractivity contribution in [1.29, 1.82) is 0 Å².